The van der Waals surface area contributed by atoms with Crippen molar-refractivity contribution in [2.45, 2.75) is 52.5 Å². The van der Waals surface area contributed by atoms with E-state index in [0.717, 1.165) is 6.92 Å². The minimum Gasteiger partial charge on any atom is -0.438 e. The van der Waals surface area contributed by atoms with E-state index in [2.05, 4.69) is 4.74 Å². The Morgan fingerprint density at radius 1 is 1.04 bits per heavy atom. The van der Waals surface area contributed by atoms with E-state index in [4.69, 9.17) is 14.2 Å². The average Bonchev–Trinajstić information content (AvgIpc) is 2.43. The van der Waals surface area contributed by atoms with E-state index in [1.165, 1.54) is 0 Å². The van der Waals surface area contributed by atoms with Gasteiger partial charge in [0.25, 0.3) is 0 Å². The lowest BCUT2D eigenvalue weighted by atomic mass is 9.91. The van der Waals surface area contributed by atoms with Gasteiger partial charge in [0.15, 0.2) is 19.9 Å². The Balaban J connectivity index is 3.89. The summed E-state index contributed by atoms with van der Waals surface area (Å²) in [5.74, 6) is -5.46. The molecule has 0 aromatic heterocycles. The molecule has 0 saturated carbocycles. The first kappa shape index (κ1) is 22.0. The van der Waals surface area contributed by atoms with Gasteiger partial charge in [0.2, 0.25) is 0 Å². The van der Waals surface area contributed by atoms with Crippen LogP contribution in [0.15, 0.2) is 0 Å². The largest absolute Gasteiger partial charge is 0.455 e. The van der Waals surface area contributed by atoms with E-state index in [1.54, 1.807) is 20.8 Å². The SMILES string of the molecule is CCC(C)(C)C(=O)OCOCOC(C)OCC(F)(F)C(F)(F)F. The predicted molar refractivity (Wildman–Crippen MR) is 68.5 cm³/mol. The molecule has 138 valence electrons. The van der Waals surface area contributed by atoms with Gasteiger partial charge in [-0.1, -0.05) is 6.92 Å². The highest BCUT2D eigenvalue weighted by atomic mass is 19.4. The molecule has 0 bridgehead atoms. The van der Waals surface area contributed by atoms with Gasteiger partial charge >= 0.3 is 18.1 Å². The van der Waals surface area contributed by atoms with Crippen molar-refractivity contribution in [2.75, 3.05) is 20.2 Å². The molecule has 0 aliphatic carbocycles. The lowest BCUT2D eigenvalue weighted by Gasteiger charge is -2.22. The molecule has 1 atom stereocenters. The molecule has 0 amide bonds. The van der Waals surface area contributed by atoms with Crippen molar-refractivity contribution in [1.82, 2.24) is 0 Å². The molecule has 5 nitrogen and oxygen atoms in total. The monoisotopic (exact) mass is 352 g/mol. The number of ether oxygens (including phenoxy) is 4. The number of alkyl halides is 5. The third kappa shape index (κ3) is 7.89. The average molecular weight is 352 g/mol. The number of carbonyl (C=O) groups excluding carboxylic acids is 1. The summed E-state index contributed by atoms with van der Waals surface area (Å²) in [4.78, 5) is 11.5. The van der Waals surface area contributed by atoms with E-state index in [-0.39, 0.29) is 0 Å². The Bertz CT molecular complexity index is 370. The third-order valence-corrected chi connectivity index (χ3v) is 3.01. The van der Waals surface area contributed by atoms with E-state index in [0.29, 0.717) is 6.42 Å². The van der Waals surface area contributed by atoms with Gasteiger partial charge in [-0.25, -0.2) is 0 Å². The fourth-order valence-electron chi connectivity index (χ4n) is 0.965. The van der Waals surface area contributed by atoms with Crippen LogP contribution >= 0.6 is 0 Å². The molecule has 0 aromatic carbocycles. The summed E-state index contributed by atoms with van der Waals surface area (Å²) in [7, 11) is 0. The lowest BCUT2D eigenvalue weighted by molar-refractivity contribution is -0.313. The zero-order valence-electron chi connectivity index (χ0n) is 13.3. The topological polar surface area (TPSA) is 54.0 Å². The number of esters is 1. The van der Waals surface area contributed by atoms with Crippen molar-refractivity contribution in [3.63, 3.8) is 0 Å². The summed E-state index contributed by atoms with van der Waals surface area (Å²) < 4.78 is 79.3. The Labute approximate surface area is 131 Å². The normalized spacial score (nSPS) is 14.7. The van der Waals surface area contributed by atoms with Gasteiger partial charge in [-0.15, -0.1) is 0 Å². The quantitative estimate of drug-likeness (QED) is 0.261. The Hall–Kier alpha value is -1.00. The molecule has 10 heteroatoms. The van der Waals surface area contributed by atoms with Crippen LogP contribution < -0.4 is 0 Å². The number of rotatable bonds is 10. The number of halogens is 5. The molecule has 0 aromatic rings. The standard InChI is InChI=1S/C13H21F5O5/c1-5-11(3,4)10(19)23-8-20-7-22-9(2)21-6-12(14,15)13(16,17)18/h9H,5-8H2,1-4H3. The van der Waals surface area contributed by atoms with Crippen LogP contribution in [-0.2, 0) is 23.7 Å². The predicted octanol–water partition coefficient (Wildman–Crippen LogP) is 3.47. The van der Waals surface area contributed by atoms with Crippen LogP contribution in [-0.4, -0.2) is 44.6 Å². The van der Waals surface area contributed by atoms with Crippen molar-refractivity contribution in [1.29, 1.82) is 0 Å². The molecule has 0 rings (SSSR count). The summed E-state index contributed by atoms with van der Waals surface area (Å²) in [6.07, 6.45) is -6.49. The number of hydrogen-bond donors (Lipinski definition) is 0. The van der Waals surface area contributed by atoms with E-state index >= 15 is 0 Å². The number of hydrogen-bond acceptors (Lipinski definition) is 5. The Kier molecular flexibility index (Phi) is 8.36. The highest BCUT2D eigenvalue weighted by Gasteiger charge is 2.57. The molecule has 1 unspecified atom stereocenters. The molecule has 0 fully saturated rings. The van der Waals surface area contributed by atoms with Gasteiger partial charge in [0, 0.05) is 0 Å². The second kappa shape index (κ2) is 8.74. The summed E-state index contributed by atoms with van der Waals surface area (Å²) >= 11 is 0. The Morgan fingerprint density at radius 2 is 1.61 bits per heavy atom. The molecule has 0 N–H and O–H groups in total. The van der Waals surface area contributed by atoms with Crippen LogP contribution in [0.25, 0.3) is 0 Å². The highest BCUT2D eigenvalue weighted by molar-refractivity contribution is 5.75. The Morgan fingerprint density at radius 3 is 2.09 bits per heavy atom. The smallest absolute Gasteiger partial charge is 0.438 e. The van der Waals surface area contributed by atoms with Crippen LogP contribution in [0.5, 0.6) is 0 Å². The summed E-state index contributed by atoms with van der Waals surface area (Å²) in [5.41, 5.74) is -0.677. The van der Waals surface area contributed by atoms with Gasteiger partial charge in [-0.3, -0.25) is 4.79 Å². The first-order chi connectivity index (χ1) is 10.3. The summed E-state index contributed by atoms with van der Waals surface area (Å²) in [5, 5.41) is 0. The van der Waals surface area contributed by atoms with Crippen LogP contribution in [0.2, 0.25) is 0 Å². The van der Waals surface area contributed by atoms with E-state index in [1.807, 2.05) is 0 Å². The maximum absolute atomic E-state index is 12.6. The number of carbonyl (C=O) groups is 1. The highest BCUT2D eigenvalue weighted by Crippen LogP contribution is 2.35. The molecule has 0 saturated heterocycles. The first-order valence-electron chi connectivity index (χ1n) is 6.76. The van der Waals surface area contributed by atoms with Gasteiger partial charge in [-0.2, -0.15) is 22.0 Å². The van der Waals surface area contributed by atoms with Gasteiger partial charge < -0.3 is 18.9 Å². The van der Waals surface area contributed by atoms with Crippen LogP contribution in [0, 0.1) is 5.41 Å². The second-order valence-electron chi connectivity index (χ2n) is 5.36. The molecular formula is C13H21F5O5. The molecule has 0 spiro atoms. The maximum Gasteiger partial charge on any atom is 0.455 e. The fraction of sp³-hybridized carbons (Fsp3) is 0.923. The van der Waals surface area contributed by atoms with Gasteiger partial charge in [-0.05, 0) is 27.2 Å². The molecule has 0 aliphatic rings. The molecule has 0 aliphatic heterocycles. The maximum atomic E-state index is 12.6. The minimum absolute atomic E-state index is 0.437. The zero-order valence-corrected chi connectivity index (χ0v) is 13.3. The fourth-order valence-corrected chi connectivity index (χ4v) is 0.965. The summed E-state index contributed by atoms with van der Waals surface area (Å²) in [6.45, 7) is 3.50. The molecular weight excluding hydrogens is 331 g/mol. The zero-order chi connectivity index (χ0) is 18.3. The van der Waals surface area contributed by atoms with Gasteiger partial charge in [0.05, 0.1) is 5.41 Å². The van der Waals surface area contributed by atoms with Crippen LogP contribution in [0.1, 0.15) is 34.1 Å². The van der Waals surface area contributed by atoms with E-state index < -0.39 is 50.0 Å². The van der Waals surface area contributed by atoms with Gasteiger partial charge in [0.1, 0.15) is 6.61 Å². The van der Waals surface area contributed by atoms with Crippen LogP contribution in [0.4, 0.5) is 22.0 Å². The third-order valence-electron chi connectivity index (χ3n) is 3.01. The van der Waals surface area contributed by atoms with Crippen molar-refractivity contribution < 1.29 is 45.7 Å². The molecule has 0 radical (unpaired) electrons. The van der Waals surface area contributed by atoms with Crippen molar-refractivity contribution in [3.05, 3.63) is 0 Å². The molecule has 0 heterocycles. The summed E-state index contributed by atoms with van der Waals surface area (Å²) in [6, 6.07) is 0. The first-order valence-corrected chi connectivity index (χ1v) is 6.76. The molecule has 23 heavy (non-hydrogen) atoms. The second-order valence-corrected chi connectivity index (χ2v) is 5.36. The lowest BCUT2D eigenvalue weighted by Crippen LogP contribution is -2.41. The van der Waals surface area contributed by atoms with E-state index in [9.17, 15) is 26.7 Å². The minimum atomic E-state index is -5.69. The van der Waals surface area contributed by atoms with Crippen molar-refractivity contribution in [2.24, 2.45) is 5.41 Å². The van der Waals surface area contributed by atoms with Crippen molar-refractivity contribution in [3.8, 4) is 0 Å². The van der Waals surface area contributed by atoms with Crippen molar-refractivity contribution >= 4 is 5.97 Å². The van der Waals surface area contributed by atoms with Crippen LogP contribution in [0.3, 0.4) is 0 Å².